The maximum Gasteiger partial charge on any atom is 0.224 e. The molecule has 0 aliphatic rings. The van der Waals surface area contributed by atoms with Crippen LogP contribution in [0.1, 0.15) is 26.7 Å². The van der Waals surface area contributed by atoms with E-state index in [1.807, 2.05) is 6.92 Å². The van der Waals surface area contributed by atoms with E-state index in [1.165, 1.54) is 13.0 Å². The molecule has 0 aliphatic heterocycles. The van der Waals surface area contributed by atoms with Crippen molar-refractivity contribution in [3.05, 3.63) is 47.2 Å². The minimum absolute atomic E-state index is 0.0170. The Balaban J connectivity index is 1.82. The topological polar surface area (TPSA) is 76.7 Å². The molecule has 0 bridgehead atoms. The SMILES string of the molecule is CCCC(=O)Nc1cc(OCC#CC(Cl)C#CCOc2ccc(NC(C)=O)cc2)c(Cl)cc1F. The van der Waals surface area contributed by atoms with Crippen molar-refractivity contribution in [1.29, 1.82) is 0 Å². The number of ether oxygens (including phenoxy) is 2. The lowest BCUT2D eigenvalue weighted by molar-refractivity contribution is -0.116. The number of anilines is 2. The zero-order valence-electron chi connectivity index (χ0n) is 18.6. The van der Waals surface area contributed by atoms with Gasteiger partial charge in [0.1, 0.15) is 30.5 Å². The monoisotopic (exact) mass is 504 g/mol. The van der Waals surface area contributed by atoms with Gasteiger partial charge in [0.25, 0.3) is 0 Å². The summed E-state index contributed by atoms with van der Waals surface area (Å²) in [7, 11) is 0. The molecule has 0 radical (unpaired) electrons. The van der Waals surface area contributed by atoms with Crippen molar-refractivity contribution in [2.75, 3.05) is 23.8 Å². The lowest BCUT2D eigenvalue weighted by Gasteiger charge is -2.10. The van der Waals surface area contributed by atoms with Crippen molar-refractivity contribution in [2.45, 2.75) is 32.1 Å². The summed E-state index contributed by atoms with van der Waals surface area (Å²) >= 11 is 12.1. The van der Waals surface area contributed by atoms with E-state index in [0.29, 0.717) is 17.9 Å². The van der Waals surface area contributed by atoms with Gasteiger partial charge in [0.15, 0.2) is 5.38 Å². The minimum Gasteiger partial charge on any atom is -0.481 e. The summed E-state index contributed by atoms with van der Waals surface area (Å²) in [6.07, 6.45) is 0.916. The second-order valence-corrected chi connectivity index (χ2v) is 7.69. The van der Waals surface area contributed by atoms with Crippen LogP contribution in [0.4, 0.5) is 15.8 Å². The summed E-state index contributed by atoms with van der Waals surface area (Å²) in [5, 5.41) is 4.45. The van der Waals surface area contributed by atoms with Crippen LogP contribution in [0.3, 0.4) is 0 Å². The first-order valence-electron chi connectivity index (χ1n) is 10.3. The molecule has 2 amide bonds. The van der Waals surface area contributed by atoms with E-state index in [-0.39, 0.29) is 47.9 Å². The summed E-state index contributed by atoms with van der Waals surface area (Å²) in [4.78, 5) is 22.7. The van der Waals surface area contributed by atoms with Gasteiger partial charge in [0.05, 0.1) is 10.7 Å². The maximum atomic E-state index is 14.0. The Morgan fingerprint density at radius 2 is 1.71 bits per heavy atom. The highest BCUT2D eigenvalue weighted by Gasteiger charge is 2.12. The number of alkyl halides is 1. The van der Waals surface area contributed by atoms with Gasteiger partial charge in [-0.2, -0.15) is 0 Å². The van der Waals surface area contributed by atoms with E-state index in [1.54, 1.807) is 24.3 Å². The smallest absolute Gasteiger partial charge is 0.224 e. The fraction of sp³-hybridized carbons (Fsp3) is 0.280. The fourth-order valence-electron chi connectivity index (χ4n) is 2.54. The van der Waals surface area contributed by atoms with E-state index < -0.39 is 11.2 Å². The molecule has 2 N–H and O–H groups in total. The first-order chi connectivity index (χ1) is 16.3. The number of benzene rings is 2. The molecule has 2 rings (SSSR count). The molecule has 1 atom stereocenters. The molecule has 0 saturated carbocycles. The van der Waals surface area contributed by atoms with E-state index in [9.17, 15) is 14.0 Å². The lowest BCUT2D eigenvalue weighted by atomic mass is 10.2. The lowest BCUT2D eigenvalue weighted by Crippen LogP contribution is -2.12. The normalized spacial score (nSPS) is 10.6. The van der Waals surface area contributed by atoms with Gasteiger partial charge in [-0.25, -0.2) is 4.39 Å². The molecule has 0 heterocycles. The first kappa shape index (κ1) is 26.9. The van der Waals surface area contributed by atoms with Gasteiger partial charge in [-0.3, -0.25) is 9.59 Å². The Kier molecular flexibility index (Phi) is 11.1. The molecule has 9 heteroatoms. The molecule has 0 spiro atoms. The predicted octanol–water partition coefficient (Wildman–Crippen LogP) is 5.25. The van der Waals surface area contributed by atoms with Crippen LogP contribution in [-0.4, -0.2) is 30.4 Å². The highest BCUT2D eigenvalue weighted by molar-refractivity contribution is 6.32. The van der Waals surface area contributed by atoms with Gasteiger partial charge in [-0.05, 0) is 36.8 Å². The Morgan fingerprint density at radius 3 is 2.32 bits per heavy atom. The van der Waals surface area contributed by atoms with Crippen LogP contribution in [0.2, 0.25) is 5.02 Å². The standard InChI is InChI=1S/C25H23Cl2FN2O4/c1-3-6-25(32)30-23-16-24(21(27)15-22(23)28)34-14-5-8-18(26)7-4-13-33-20-11-9-19(10-12-20)29-17(2)31/h9-12,15-16,18H,3,6,13-14H2,1-2H3,(H,29,31)(H,30,32). The highest BCUT2D eigenvalue weighted by atomic mass is 35.5. The van der Waals surface area contributed by atoms with Gasteiger partial charge >= 0.3 is 0 Å². The summed E-state index contributed by atoms with van der Waals surface area (Å²) in [6, 6.07) is 9.23. The summed E-state index contributed by atoms with van der Waals surface area (Å²) in [6.45, 7) is 3.33. The van der Waals surface area contributed by atoms with Crippen molar-refractivity contribution in [3.63, 3.8) is 0 Å². The van der Waals surface area contributed by atoms with Crippen LogP contribution in [0.15, 0.2) is 36.4 Å². The van der Waals surface area contributed by atoms with E-state index in [0.717, 1.165) is 6.07 Å². The summed E-state index contributed by atoms with van der Waals surface area (Å²) in [5.74, 6) is 10.6. The first-order valence-corrected chi connectivity index (χ1v) is 11.1. The molecule has 6 nitrogen and oxygen atoms in total. The van der Waals surface area contributed by atoms with Crippen molar-refractivity contribution < 1.29 is 23.5 Å². The Morgan fingerprint density at radius 1 is 1.06 bits per heavy atom. The number of nitrogens with one attached hydrogen (secondary N) is 2. The Labute approximate surface area is 208 Å². The molecule has 0 aliphatic carbocycles. The number of halogens is 3. The summed E-state index contributed by atoms with van der Waals surface area (Å²) < 4.78 is 24.9. The summed E-state index contributed by atoms with van der Waals surface area (Å²) in [5.41, 5.74) is 0.653. The molecule has 2 aromatic rings. The number of hydrogen-bond acceptors (Lipinski definition) is 4. The zero-order valence-corrected chi connectivity index (χ0v) is 20.1. The third-order valence-electron chi connectivity index (χ3n) is 4.02. The maximum absolute atomic E-state index is 14.0. The molecule has 178 valence electrons. The van der Waals surface area contributed by atoms with Crippen LogP contribution in [0.25, 0.3) is 0 Å². The van der Waals surface area contributed by atoms with Gasteiger partial charge in [0, 0.05) is 25.1 Å². The molecular formula is C25H23Cl2FN2O4. The molecule has 34 heavy (non-hydrogen) atoms. The molecule has 0 fully saturated rings. The van der Waals surface area contributed by atoms with E-state index in [2.05, 4.69) is 34.3 Å². The fourth-order valence-corrected chi connectivity index (χ4v) is 2.90. The van der Waals surface area contributed by atoms with Crippen LogP contribution < -0.4 is 20.1 Å². The molecule has 1 unspecified atom stereocenters. The van der Waals surface area contributed by atoms with Crippen LogP contribution in [0, 0.1) is 29.5 Å². The predicted molar refractivity (Wildman–Crippen MR) is 132 cm³/mol. The van der Waals surface area contributed by atoms with Crippen LogP contribution >= 0.6 is 23.2 Å². The van der Waals surface area contributed by atoms with Crippen molar-refractivity contribution in [1.82, 2.24) is 0 Å². The average Bonchev–Trinajstić information content (AvgIpc) is 2.78. The number of carbonyl (C=O) groups is 2. The van der Waals surface area contributed by atoms with Crippen molar-refractivity contribution in [3.8, 4) is 35.2 Å². The van der Waals surface area contributed by atoms with Gasteiger partial charge in [-0.15, -0.1) is 0 Å². The molecular weight excluding hydrogens is 482 g/mol. The van der Waals surface area contributed by atoms with Crippen molar-refractivity contribution >= 4 is 46.4 Å². The van der Waals surface area contributed by atoms with Crippen LogP contribution in [0.5, 0.6) is 11.5 Å². The number of carbonyl (C=O) groups excluding carboxylic acids is 2. The number of hydrogen-bond donors (Lipinski definition) is 2. The molecule has 2 aromatic carbocycles. The van der Waals surface area contributed by atoms with Gasteiger partial charge in [0.2, 0.25) is 11.8 Å². The molecule has 0 aromatic heterocycles. The number of rotatable bonds is 8. The minimum atomic E-state index is -0.748. The third-order valence-corrected chi connectivity index (χ3v) is 4.53. The Bertz CT molecular complexity index is 1130. The number of amides is 2. The zero-order chi connectivity index (χ0) is 24.9. The Hall–Kier alpha value is -3.39. The van der Waals surface area contributed by atoms with Gasteiger partial charge < -0.3 is 20.1 Å². The largest absolute Gasteiger partial charge is 0.481 e. The second-order valence-electron chi connectivity index (χ2n) is 6.85. The second kappa shape index (κ2) is 14.0. The van der Waals surface area contributed by atoms with E-state index in [4.69, 9.17) is 32.7 Å². The quantitative estimate of drug-likeness (QED) is 0.380. The average molecular weight is 505 g/mol. The van der Waals surface area contributed by atoms with E-state index >= 15 is 0 Å². The van der Waals surface area contributed by atoms with Gasteiger partial charge in [-0.1, -0.05) is 53.8 Å². The molecule has 0 saturated heterocycles. The highest BCUT2D eigenvalue weighted by Crippen LogP contribution is 2.30. The van der Waals surface area contributed by atoms with Crippen molar-refractivity contribution in [2.24, 2.45) is 0 Å². The third kappa shape index (κ3) is 9.62. The van der Waals surface area contributed by atoms with Crippen LogP contribution in [-0.2, 0) is 9.59 Å².